The molecule has 0 N–H and O–H groups in total. The minimum Gasteiger partial charge on any atom is -0.455 e. The Labute approximate surface area is 126 Å². The predicted octanol–water partition coefficient (Wildman–Crippen LogP) is 0.840. The van der Waals surface area contributed by atoms with Crippen LogP contribution in [0.5, 0.6) is 0 Å². The second-order valence-electron chi connectivity index (χ2n) is 4.56. The van der Waals surface area contributed by atoms with Gasteiger partial charge in [-0.1, -0.05) is 5.11 Å². The largest absolute Gasteiger partial charge is 0.455 e. The Morgan fingerprint density at radius 1 is 1.32 bits per heavy atom. The standard InChI is InChI=1S/C12H17N3O7/c1-7(16)20-10-4-5-19-12(10,22-9(3)18)11(6-14-15-13)21-8(2)17/h10-11H,4-6H2,1-3H3/t10?,11-,12?/m0/s1. The van der Waals surface area contributed by atoms with Gasteiger partial charge in [-0.15, -0.1) is 0 Å². The van der Waals surface area contributed by atoms with Gasteiger partial charge in [-0.3, -0.25) is 14.4 Å². The molecule has 0 spiro atoms. The average molecular weight is 315 g/mol. The summed E-state index contributed by atoms with van der Waals surface area (Å²) in [5, 5.41) is 3.33. The topological polar surface area (TPSA) is 137 Å². The molecule has 0 radical (unpaired) electrons. The fraction of sp³-hybridized carbons (Fsp3) is 0.750. The number of carbonyl (C=O) groups excluding carboxylic acids is 3. The maximum atomic E-state index is 11.4. The maximum absolute atomic E-state index is 11.4. The summed E-state index contributed by atoms with van der Waals surface area (Å²) in [6.45, 7) is 3.22. The molecule has 1 fully saturated rings. The third-order valence-electron chi connectivity index (χ3n) is 2.84. The molecular weight excluding hydrogens is 298 g/mol. The molecule has 3 atom stereocenters. The Kier molecular flexibility index (Phi) is 6.14. The number of nitrogens with zero attached hydrogens (tertiary/aromatic N) is 3. The number of rotatable bonds is 6. The molecule has 0 aromatic carbocycles. The van der Waals surface area contributed by atoms with Gasteiger partial charge in [-0.2, -0.15) is 0 Å². The number of esters is 3. The van der Waals surface area contributed by atoms with E-state index in [-0.39, 0.29) is 19.6 Å². The Balaban J connectivity index is 3.19. The molecule has 10 heteroatoms. The van der Waals surface area contributed by atoms with Gasteiger partial charge >= 0.3 is 17.9 Å². The highest BCUT2D eigenvalue weighted by molar-refractivity contribution is 5.68. The zero-order chi connectivity index (χ0) is 16.8. The van der Waals surface area contributed by atoms with Crippen LogP contribution in [0.25, 0.3) is 10.4 Å². The molecule has 0 bridgehead atoms. The van der Waals surface area contributed by atoms with Crippen molar-refractivity contribution in [1.82, 2.24) is 0 Å². The fourth-order valence-corrected chi connectivity index (χ4v) is 2.20. The van der Waals surface area contributed by atoms with Crippen molar-refractivity contribution in [1.29, 1.82) is 0 Å². The first-order valence-corrected chi connectivity index (χ1v) is 6.50. The molecular formula is C12H17N3O7. The molecule has 1 heterocycles. The highest BCUT2D eigenvalue weighted by atomic mass is 16.8. The minimum atomic E-state index is -1.84. The Morgan fingerprint density at radius 2 is 2.00 bits per heavy atom. The minimum absolute atomic E-state index is 0.110. The number of ether oxygens (including phenoxy) is 4. The second kappa shape index (κ2) is 7.62. The van der Waals surface area contributed by atoms with Gasteiger partial charge in [-0.05, 0) is 5.53 Å². The fourth-order valence-electron chi connectivity index (χ4n) is 2.20. The van der Waals surface area contributed by atoms with Crippen molar-refractivity contribution in [2.75, 3.05) is 13.2 Å². The third kappa shape index (κ3) is 4.34. The Morgan fingerprint density at radius 3 is 2.50 bits per heavy atom. The zero-order valence-corrected chi connectivity index (χ0v) is 12.5. The lowest BCUT2D eigenvalue weighted by atomic mass is 10.0. The van der Waals surface area contributed by atoms with E-state index in [4.69, 9.17) is 24.5 Å². The molecule has 1 rings (SSSR count). The summed E-state index contributed by atoms with van der Waals surface area (Å²) in [7, 11) is 0. The Hall–Kier alpha value is -2.32. The summed E-state index contributed by atoms with van der Waals surface area (Å²) >= 11 is 0. The second-order valence-corrected chi connectivity index (χ2v) is 4.56. The Bertz CT molecular complexity index is 499. The highest BCUT2D eigenvalue weighted by Gasteiger charge is 2.57. The van der Waals surface area contributed by atoms with Crippen LogP contribution >= 0.6 is 0 Å². The van der Waals surface area contributed by atoms with Crippen molar-refractivity contribution in [3.63, 3.8) is 0 Å². The van der Waals surface area contributed by atoms with Crippen LogP contribution in [0, 0.1) is 0 Å². The SMILES string of the molecule is CC(=O)OC1CCOC1(OC(C)=O)[C@H](CN=[N+]=[N-])OC(C)=O. The lowest BCUT2D eigenvalue weighted by Gasteiger charge is -2.37. The molecule has 0 amide bonds. The lowest BCUT2D eigenvalue weighted by Crippen LogP contribution is -2.57. The van der Waals surface area contributed by atoms with E-state index in [0.29, 0.717) is 0 Å². The normalized spacial score (nSPS) is 24.8. The molecule has 1 aliphatic rings. The van der Waals surface area contributed by atoms with Crippen LogP contribution in [0.3, 0.4) is 0 Å². The summed E-state index contributed by atoms with van der Waals surface area (Å²) in [6, 6.07) is 0. The van der Waals surface area contributed by atoms with Gasteiger partial charge < -0.3 is 18.9 Å². The molecule has 10 nitrogen and oxygen atoms in total. The summed E-state index contributed by atoms with van der Waals surface area (Å²) in [6.07, 6.45) is -1.98. The molecule has 1 saturated heterocycles. The predicted molar refractivity (Wildman–Crippen MR) is 70.2 cm³/mol. The average Bonchev–Trinajstić information content (AvgIpc) is 2.76. The van der Waals surface area contributed by atoms with E-state index >= 15 is 0 Å². The molecule has 22 heavy (non-hydrogen) atoms. The quantitative estimate of drug-likeness (QED) is 0.233. The first-order chi connectivity index (χ1) is 10.3. The van der Waals surface area contributed by atoms with Crippen molar-refractivity contribution in [3.05, 3.63) is 10.4 Å². The molecule has 0 saturated carbocycles. The van der Waals surface area contributed by atoms with E-state index in [0.717, 1.165) is 13.8 Å². The number of hydrogen-bond donors (Lipinski definition) is 0. The van der Waals surface area contributed by atoms with E-state index < -0.39 is 35.9 Å². The van der Waals surface area contributed by atoms with Gasteiger partial charge in [0.05, 0.1) is 13.2 Å². The maximum Gasteiger partial charge on any atom is 0.305 e. The van der Waals surface area contributed by atoms with E-state index in [1.165, 1.54) is 6.92 Å². The van der Waals surface area contributed by atoms with Crippen LogP contribution in [0.15, 0.2) is 5.11 Å². The van der Waals surface area contributed by atoms with Crippen LogP contribution in [0.4, 0.5) is 0 Å². The summed E-state index contributed by atoms with van der Waals surface area (Å²) in [4.78, 5) is 36.5. The third-order valence-corrected chi connectivity index (χ3v) is 2.84. The van der Waals surface area contributed by atoms with Crippen LogP contribution in [0.2, 0.25) is 0 Å². The van der Waals surface area contributed by atoms with Crippen molar-refractivity contribution in [2.24, 2.45) is 5.11 Å². The lowest BCUT2D eigenvalue weighted by molar-refractivity contribution is -0.281. The first-order valence-electron chi connectivity index (χ1n) is 6.50. The molecule has 122 valence electrons. The van der Waals surface area contributed by atoms with E-state index in [9.17, 15) is 14.4 Å². The smallest absolute Gasteiger partial charge is 0.305 e. The monoisotopic (exact) mass is 315 g/mol. The van der Waals surface area contributed by atoms with Gasteiger partial charge in [-0.25, -0.2) is 0 Å². The van der Waals surface area contributed by atoms with Crippen molar-refractivity contribution in [3.8, 4) is 0 Å². The van der Waals surface area contributed by atoms with Crippen LogP contribution in [0.1, 0.15) is 27.2 Å². The van der Waals surface area contributed by atoms with Crippen LogP contribution < -0.4 is 0 Å². The number of azide groups is 1. The van der Waals surface area contributed by atoms with Crippen LogP contribution in [-0.2, 0) is 33.3 Å². The van der Waals surface area contributed by atoms with Crippen LogP contribution in [-0.4, -0.2) is 49.1 Å². The van der Waals surface area contributed by atoms with E-state index in [2.05, 4.69) is 10.0 Å². The summed E-state index contributed by atoms with van der Waals surface area (Å²) in [5.74, 6) is -3.87. The number of carbonyl (C=O) groups is 3. The zero-order valence-electron chi connectivity index (χ0n) is 12.5. The molecule has 0 aromatic heterocycles. The molecule has 0 aliphatic carbocycles. The summed E-state index contributed by atoms with van der Waals surface area (Å²) in [5.41, 5.74) is 8.45. The first kappa shape index (κ1) is 17.7. The van der Waals surface area contributed by atoms with E-state index in [1.807, 2.05) is 0 Å². The van der Waals surface area contributed by atoms with Gasteiger partial charge in [0.2, 0.25) is 0 Å². The van der Waals surface area contributed by atoms with E-state index in [1.54, 1.807) is 0 Å². The van der Waals surface area contributed by atoms with Gasteiger partial charge in [0.25, 0.3) is 5.79 Å². The van der Waals surface area contributed by atoms with Crippen molar-refractivity contribution in [2.45, 2.75) is 45.2 Å². The van der Waals surface area contributed by atoms with Gasteiger partial charge in [0.15, 0.2) is 12.2 Å². The van der Waals surface area contributed by atoms with Gasteiger partial charge in [0.1, 0.15) is 0 Å². The van der Waals surface area contributed by atoms with Crippen molar-refractivity contribution < 1.29 is 33.3 Å². The summed E-state index contributed by atoms with van der Waals surface area (Å²) < 4.78 is 20.8. The molecule has 1 aliphatic heterocycles. The van der Waals surface area contributed by atoms with Gasteiger partial charge in [0, 0.05) is 32.1 Å². The number of hydrogen-bond acceptors (Lipinski definition) is 8. The highest BCUT2D eigenvalue weighted by Crippen LogP contribution is 2.35. The molecule has 0 aromatic rings. The molecule has 2 unspecified atom stereocenters. The van der Waals surface area contributed by atoms with Crippen molar-refractivity contribution >= 4 is 17.9 Å².